The Labute approximate surface area is 108 Å². The van der Waals surface area contributed by atoms with Crippen molar-refractivity contribution in [2.24, 2.45) is 0 Å². The standard InChI is InChI=1S/C14H23NO.F2/c1-13-9-5-6-10-14(13)15-11-7-3-4-8-12-16-2;1-2/h5-6,9-10,15H,3-4,7-8,11-12H2,1-2H3;. The molecule has 0 aliphatic carbocycles. The van der Waals surface area contributed by atoms with Gasteiger partial charge in [-0.1, -0.05) is 31.0 Å². The third kappa shape index (κ3) is 8.01. The maximum Gasteiger partial charge on any atom is 0.0462 e. The van der Waals surface area contributed by atoms with E-state index in [1.165, 1.54) is 36.9 Å². The van der Waals surface area contributed by atoms with Crippen molar-refractivity contribution in [2.75, 3.05) is 25.6 Å². The highest BCUT2D eigenvalue weighted by molar-refractivity contribution is 5.49. The van der Waals surface area contributed by atoms with Crippen molar-refractivity contribution in [2.45, 2.75) is 32.6 Å². The molecule has 2 nitrogen and oxygen atoms in total. The molecule has 0 atom stereocenters. The fraction of sp³-hybridized carbons (Fsp3) is 0.571. The molecule has 0 amide bonds. The molecule has 4 heteroatoms. The summed E-state index contributed by atoms with van der Waals surface area (Å²) in [5, 5.41) is 3.47. The molecule has 1 aromatic rings. The molecule has 1 N–H and O–H groups in total. The summed E-state index contributed by atoms with van der Waals surface area (Å²) in [6.07, 6.45) is 4.96. The highest BCUT2D eigenvalue weighted by atomic mass is 20.0. The molecule has 0 spiro atoms. The van der Waals surface area contributed by atoms with Crippen LogP contribution in [0.1, 0.15) is 31.2 Å². The van der Waals surface area contributed by atoms with E-state index >= 15 is 0 Å². The molecule has 0 saturated carbocycles. The Hall–Kier alpha value is -1.16. The van der Waals surface area contributed by atoms with Gasteiger partial charge in [0.15, 0.2) is 0 Å². The molecule has 1 rings (SSSR count). The largest absolute Gasteiger partial charge is 0.385 e. The van der Waals surface area contributed by atoms with Gasteiger partial charge >= 0.3 is 0 Å². The number of ether oxygens (including phenoxy) is 1. The number of unbranched alkanes of at least 4 members (excludes halogenated alkanes) is 3. The molecule has 18 heavy (non-hydrogen) atoms. The van der Waals surface area contributed by atoms with Gasteiger partial charge in [-0.15, -0.1) is 0 Å². The summed E-state index contributed by atoms with van der Waals surface area (Å²) in [5.74, 6) is 0. The van der Waals surface area contributed by atoms with Gasteiger partial charge in [-0.3, -0.25) is 0 Å². The highest BCUT2D eigenvalue weighted by Crippen LogP contribution is 2.13. The Kier molecular flexibility index (Phi) is 11.5. The predicted octanol–water partition coefficient (Wildman–Crippen LogP) is 4.45. The molecule has 104 valence electrons. The van der Waals surface area contributed by atoms with E-state index in [-0.39, 0.29) is 0 Å². The lowest BCUT2D eigenvalue weighted by molar-refractivity contribution is 0.108. The normalized spacial score (nSPS) is 9.56. The first-order valence-electron chi connectivity index (χ1n) is 6.27. The van der Waals surface area contributed by atoms with Crippen molar-refractivity contribution < 1.29 is 13.9 Å². The second-order valence-corrected chi connectivity index (χ2v) is 4.15. The van der Waals surface area contributed by atoms with E-state index in [1.54, 1.807) is 7.11 Å². The summed E-state index contributed by atoms with van der Waals surface area (Å²) in [5.41, 5.74) is 2.58. The van der Waals surface area contributed by atoms with Gasteiger partial charge in [0.25, 0.3) is 0 Å². The van der Waals surface area contributed by atoms with Gasteiger partial charge in [0, 0.05) is 35.1 Å². The molecule has 0 fully saturated rings. The molecular weight excluding hydrogens is 236 g/mol. The van der Waals surface area contributed by atoms with Crippen LogP contribution >= 0.6 is 0 Å². The summed E-state index contributed by atoms with van der Waals surface area (Å²) in [4.78, 5) is 0. The summed E-state index contributed by atoms with van der Waals surface area (Å²) in [7, 11) is 1.76. The molecule has 0 aliphatic rings. The first-order chi connectivity index (χ1) is 8.84. The van der Waals surface area contributed by atoms with Gasteiger partial charge in [-0.2, -0.15) is 0 Å². The van der Waals surface area contributed by atoms with E-state index in [2.05, 4.69) is 36.5 Å². The zero-order valence-electron chi connectivity index (χ0n) is 11.2. The number of nitrogens with one attached hydrogen (secondary N) is 1. The lowest BCUT2D eigenvalue weighted by Gasteiger charge is -2.08. The van der Waals surface area contributed by atoms with Crippen LogP contribution in [0.15, 0.2) is 24.3 Å². The number of halogens is 2. The van der Waals surface area contributed by atoms with E-state index in [9.17, 15) is 0 Å². The van der Waals surface area contributed by atoms with Crippen molar-refractivity contribution in [3.05, 3.63) is 29.8 Å². The van der Waals surface area contributed by atoms with Crippen LogP contribution in [0.4, 0.5) is 14.8 Å². The van der Waals surface area contributed by atoms with Crippen molar-refractivity contribution >= 4 is 5.69 Å². The number of hydrogen-bond donors (Lipinski definition) is 1. The fourth-order valence-electron chi connectivity index (χ4n) is 1.72. The molecule has 0 heterocycles. The minimum Gasteiger partial charge on any atom is -0.385 e. The Morgan fingerprint density at radius 1 is 1.06 bits per heavy atom. The topological polar surface area (TPSA) is 21.3 Å². The zero-order valence-corrected chi connectivity index (χ0v) is 11.2. The first-order valence-corrected chi connectivity index (χ1v) is 6.27. The number of aryl methyl sites for hydroxylation is 1. The Morgan fingerprint density at radius 3 is 2.39 bits per heavy atom. The minimum atomic E-state index is 0.894. The van der Waals surface area contributed by atoms with E-state index in [1.807, 2.05) is 0 Å². The summed E-state index contributed by atoms with van der Waals surface area (Å²) >= 11 is 0. The molecule has 0 unspecified atom stereocenters. The van der Waals surface area contributed by atoms with Gasteiger partial charge in [0.2, 0.25) is 0 Å². The Balaban J connectivity index is 0.00000137. The number of hydrogen-bond acceptors (Lipinski definition) is 2. The van der Waals surface area contributed by atoms with Gasteiger partial charge in [0.05, 0.1) is 0 Å². The first kappa shape index (κ1) is 16.8. The van der Waals surface area contributed by atoms with E-state index < -0.39 is 0 Å². The van der Waals surface area contributed by atoms with Crippen LogP contribution in [0.3, 0.4) is 0 Å². The maximum absolute atomic E-state index is 8.00. The van der Waals surface area contributed by atoms with Crippen LogP contribution < -0.4 is 5.32 Å². The average Bonchev–Trinajstić information content (AvgIpc) is 2.42. The van der Waals surface area contributed by atoms with Crippen molar-refractivity contribution in [1.82, 2.24) is 0 Å². The van der Waals surface area contributed by atoms with Crippen LogP contribution in [0, 0.1) is 6.92 Å². The molecule has 1 aromatic carbocycles. The average molecular weight is 259 g/mol. The van der Waals surface area contributed by atoms with Crippen molar-refractivity contribution in [3.8, 4) is 0 Å². The number of para-hydroxylation sites is 1. The Morgan fingerprint density at radius 2 is 1.72 bits per heavy atom. The van der Waals surface area contributed by atoms with Gasteiger partial charge in [-0.05, 0) is 31.4 Å². The van der Waals surface area contributed by atoms with Crippen LogP contribution in [-0.2, 0) is 4.74 Å². The third-order valence-corrected chi connectivity index (χ3v) is 2.74. The van der Waals surface area contributed by atoms with Gasteiger partial charge in [-0.25, -0.2) is 0 Å². The lowest BCUT2D eigenvalue weighted by Crippen LogP contribution is -2.02. The summed E-state index contributed by atoms with van der Waals surface area (Å²) < 4.78 is 21.0. The van der Waals surface area contributed by atoms with Crippen LogP contribution in [-0.4, -0.2) is 20.3 Å². The third-order valence-electron chi connectivity index (χ3n) is 2.74. The molecule has 0 saturated heterocycles. The second-order valence-electron chi connectivity index (χ2n) is 4.15. The molecule has 0 aromatic heterocycles. The smallest absolute Gasteiger partial charge is 0.0462 e. The SMILES string of the molecule is COCCCCCCNc1ccccc1C.FF. The molecule has 0 bridgehead atoms. The minimum absolute atomic E-state index is 0.894. The number of methoxy groups -OCH3 is 1. The predicted molar refractivity (Wildman–Crippen MR) is 72.2 cm³/mol. The fourth-order valence-corrected chi connectivity index (χ4v) is 1.72. The number of anilines is 1. The molecule has 0 radical (unpaired) electrons. The van der Waals surface area contributed by atoms with E-state index in [0.717, 1.165) is 13.2 Å². The van der Waals surface area contributed by atoms with E-state index in [4.69, 9.17) is 13.9 Å². The van der Waals surface area contributed by atoms with Crippen molar-refractivity contribution in [1.29, 1.82) is 0 Å². The van der Waals surface area contributed by atoms with Crippen LogP contribution in [0.2, 0.25) is 0 Å². The summed E-state index contributed by atoms with van der Waals surface area (Å²) in [6.45, 7) is 4.10. The molecule has 0 aliphatic heterocycles. The summed E-state index contributed by atoms with van der Waals surface area (Å²) in [6, 6.07) is 8.43. The van der Waals surface area contributed by atoms with Gasteiger partial charge in [0.1, 0.15) is 0 Å². The van der Waals surface area contributed by atoms with Crippen LogP contribution in [0.5, 0.6) is 0 Å². The van der Waals surface area contributed by atoms with Gasteiger partial charge < -0.3 is 10.1 Å². The molecular formula is C14H23F2NO. The maximum atomic E-state index is 8.00. The Bertz CT molecular complexity index is 295. The number of benzene rings is 1. The quantitative estimate of drug-likeness (QED) is 0.696. The van der Waals surface area contributed by atoms with E-state index in [0.29, 0.717) is 0 Å². The second kappa shape index (κ2) is 12.3. The lowest BCUT2D eigenvalue weighted by atomic mass is 10.2. The van der Waals surface area contributed by atoms with Crippen LogP contribution in [0.25, 0.3) is 0 Å². The monoisotopic (exact) mass is 259 g/mol. The zero-order chi connectivity index (χ0) is 13.6. The number of rotatable bonds is 8. The van der Waals surface area contributed by atoms with Crippen molar-refractivity contribution in [3.63, 3.8) is 0 Å². The highest BCUT2D eigenvalue weighted by Gasteiger charge is 1.95.